The van der Waals surface area contributed by atoms with E-state index in [1.165, 1.54) is 0 Å². The van der Waals surface area contributed by atoms with Crippen molar-refractivity contribution in [3.63, 3.8) is 0 Å². The first-order valence-electron chi connectivity index (χ1n) is 6.67. The van der Waals surface area contributed by atoms with Crippen LogP contribution in [0, 0.1) is 0 Å². The zero-order chi connectivity index (χ0) is 14.9. The smallest absolute Gasteiger partial charge is 0.134 e. The Morgan fingerprint density at radius 1 is 0.947 bits per heavy atom. The van der Waals surface area contributed by atoms with Crippen molar-refractivity contribution in [2.45, 2.75) is 6.92 Å². The molecule has 0 bridgehead atoms. The van der Waals surface area contributed by atoms with Gasteiger partial charge in [-0.1, -0.05) is 0 Å². The molecule has 0 aromatic carbocycles. The fraction of sp³-hybridized carbons (Fsp3) is 1.00. The third-order valence-corrected chi connectivity index (χ3v) is 10.8. The molecule has 0 aromatic heterocycles. The molecule has 0 aliphatic carbocycles. The second kappa shape index (κ2) is 9.28. The highest BCUT2D eigenvalue weighted by Gasteiger charge is 2.23. The van der Waals surface area contributed by atoms with Gasteiger partial charge in [0.2, 0.25) is 0 Å². The van der Waals surface area contributed by atoms with Crippen LogP contribution < -0.4 is 16.0 Å². The van der Waals surface area contributed by atoms with Gasteiger partial charge in [-0.15, -0.1) is 0 Å². The Hall–Kier alpha value is 0.300. The average Bonchev–Trinajstić information content (AvgIpc) is 2.29. The summed E-state index contributed by atoms with van der Waals surface area (Å²) in [6, 6.07) is 0. The molecule has 0 fully saturated rings. The van der Waals surface area contributed by atoms with E-state index in [2.05, 4.69) is 48.3 Å². The lowest BCUT2D eigenvalue weighted by Crippen LogP contribution is -2.24. The van der Waals surface area contributed by atoms with Gasteiger partial charge in [-0.25, -0.2) is 4.52 Å². The molecule has 1 unspecified atom stereocenters. The van der Waals surface area contributed by atoms with Crippen LogP contribution in [-0.2, 0) is 0 Å². The number of nitrogens with one attached hydrogen (secondary N) is 3. The number of hydrogen-bond acceptors (Lipinski definition) is 4. The van der Waals surface area contributed by atoms with Gasteiger partial charge in [-0.05, 0) is 42.2 Å². The molecule has 6 nitrogen and oxygen atoms in total. The van der Waals surface area contributed by atoms with E-state index in [0.29, 0.717) is 0 Å². The molecule has 1 atom stereocenters. The molecule has 0 aromatic rings. The second-order valence-electron chi connectivity index (χ2n) is 4.89. The molecule has 116 valence electrons. The monoisotopic (exact) mass is 310 g/mol. The van der Waals surface area contributed by atoms with Crippen molar-refractivity contribution in [2.75, 3.05) is 67.3 Å². The maximum atomic E-state index is 5.29. The maximum absolute atomic E-state index is 5.29. The Morgan fingerprint density at radius 3 is 1.63 bits per heavy atom. The van der Waals surface area contributed by atoms with Crippen LogP contribution in [0.25, 0.3) is 0 Å². The Kier molecular flexibility index (Phi) is 9.42. The van der Waals surface area contributed by atoms with E-state index < -0.39 is 14.4 Å². The van der Waals surface area contributed by atoms with Crippen LogP contribution in [0.4, 0.5) is 0 Å². The summed E-state index contributed by atoms with van der Waals surface area (Å²) in [6.07, 6.45) is 2.83. The molecule has 0 rings (SSSR count). The Balaban J connectivity index is 5.77. The van der Waals surface area contributed by atoms with Crippen molar-refractivity contribution in [1.29, 1.82) is 0 Å². The summed E-state index contributed by atoms with van der Waals surface area (Å²) in [5, 5.41) is 9.95. The first-order chi connectivity index (χ1) is 8.89. The second-order valence-corrected chi connectivity index (χ2v) is 11.6. The average molecular weight is 310 g/mol. The quantitative estimate of drug-likeness (QED) is 0.570. The van der Waals surface area contributed by atoms with E-state index in [0.717, 1.165) is 25.4 Å². The van der Waals surface area contributed by atoms with Crippen molar-refractivity contribution in [3.8, 4) is 0 Å². The van der Waals surface area contributed by atoms with Crippen LogP contribution in [-0.4, -0.2) is 72.0 Å². The van der Waals surface area contributed by atoms with Gasteiger partial charge in [0.05, 0.1) is 0 Å². The molecule has 0 aliphatic rings. The highest BCUT2D eigenvalue weighted by molar-refractivity contribution is 7.75. The number of rotatable bonds is 9. The summed E-state index contributed by atoms with van der Waals surface area (Å²) in [7, 11) is 6.93. The van der Waals surface area contributed by atoms with E-state index in [4.69, 9.17) is 9.26 Å². The van der Waals surface area contributed by atoms with E-state index in [1.54, 1.807) is 0 Å². The first-order valence-corrected chi connectivity index (χ1v) is 11.1. The Labute approximate surface area is 119 Å². The number of nitrogens with zero attached hydrogens (tertiary/aromatic N) is 3. The molecule has 19 heavy (non-hydrogen) atoms. The van der Waals surface area contributed by atoms with Crippen LogP contribution in [0.1, 0.15) is 6.92 Å². The minimum absolute atomic E-state index is 0.824. The van der Waals surface area contributed by atoms with Crippen molar-refractivity contribution >= 4 is 14.4 Å². The van der Waals surface area contributed by atoms with Gasteiger partial charge >= 0.3 is 0 Å². The van der Waals surface area contributed by atoms with Crippen molar-refractivity contribution in [3.05, 3.63) is 0 Å². The van der Waals surface area contributed by atoms with Crippen LogP contribution in [0.2, 0.25) is 0 Å². The predicted molar refractivity (Wildman–Crippen MR) is 90.6 cm³/mol. The fourth-order valence-corrected chi connectivity index (χ4v) is 9.40. The highest BCUT2D eigenvalue weighted by atomic mass is 31.2. The molecule has 0 heterocycles. The largest absolute Gasteiger partial charge is 0.314 e. The summed E-state index contributed by atoms with van der Waals surface area (Å²) in [4.78, 5) is 0. The summed E-state index contributed by atoms with van der Waals surface area (Å²) in [5.41, 5.74) is 0. The summed E-state index contributed by atoms with van der Waals surface area (Å²) < 4.78 is 12.3. The molecular formula is C11H32N6P2. The predicted octanol–water partition coefficient (Wildman–Crippen LogP) is 1.96. The molecule has 0 saturated heterocycles. The molecule has 0 aliphatic heterocycles. The van der Waals surface area contributed by atoms with Crippen LogP contribution >= 0.6 is 14.4 Å². The van der Waals surface area contributed by atoms with E-state index >= 15 is 0 Å². The van der Waals surface area contributed by atoms with Gasteiger partial charge in [0, 0.05) is 39.1 Å². The third kappa shape index (κ3) is 6.07. The van der Waals surface area contributed by atoms with Gasteiger partial charge in [-0.2, -0.15) is 0 Å². The lowest BCUT2D eigenvalue weighted by atomic mass is 10.8. The summed E-state index contributed by atoms with van der Waals surface area (Å²) in [5.74, 6) is 0. The van der Waals surface area contributed by atoms with Gasteiger partial charge in [0.1, 0.15) is 7.36 Å². The minimum atomic E-state index is -1.74. The molecular weight excluding hydrogens is 278 g/mol. The molecule has 0 radical (unpaired) electrons. The Morgan fingerprint density at radius 2 is 1.37 bits per heavy atom. The van der Waals surface area contributed by atoms with Gasteiger partial charge in [0.25, 0.3) is 0 Å². The van der Waals surface area contributed by atoms with Crippen LogP contribution in [0.5, 0.6) is 0 Å². The van der Waals surface area contributed by atoms with E-state index in [-0.39, 0.29) is 0 Å². The van der Waals surface area contributed by atoms with Gasteiger partial charge < -0.3 is 16.0 Å². The lowest BCUT2D eigenvalue weighted by molar-refractivity contribution is 0.668. The number of hydrogen-bond donors (Lipinski definition) is 3. The molecule has 0 saturated carbocycles. The molecule has 3 N–H and O–H groups in total. The SMILES string of the molecule is CCN=P(C)(N=P(CNC)(CNC)CNC)N(C)C. The zero-order valence-electron chi connectivity index (χ0n) is 13.6. The topological polar surface area (TPSA) is 64.0 Å². The van der Waals surface area contributed by atoms with Crippen molar-refractivity contribution in [2.24, 2.45) is 9.26 Å². The van der Waals surface area contributed by atoms with Crippen molar-refractivity contribution in [1.82, 2.24) is 20.6 Å². The van der Waals surface area contributed by atoms with Gasteiger partial charge in [-0.3, -0.25) is 9.42 Å². The summed E-state index contributed by atoms with van der Waals surface area (Å²) >= 11 is 0. The third-order valence-electron chi connectivity index (χ3n) is 2.88. The molecule has 0 amide bonds. The minimum Gasteiger partial charge on any atom is -0.314 e. The summed E-state index contributed by atoms with van der Waals surface area (Å²) in [6.45, 7) is 5.11. The van der Waals surface area contributed by atoms with Gasteiger partial charge in [0.15, 0.2) is 0 Å². The van der Waals surface area contributed by atoms with E-state index in [9.17, 15) is 0 Å². The van der Waals surface area contributed by atoms with E-state index in [1.807, 2.05) is 21.1 Å². The molecule has 8 heteroatoms. The molecule has 0 spiro atoms. The Bertz CT molecular complexity index is 329. The normalized spacial score (nSPS) is 15.4. The standard InChI is InChI=1S/C11H32N6P2/c1-8-15-18(7,17(5)6)16-19(9-12-2,10-13-3)11-14-4/h12-14H,8-11H2,1-7H3. The van der Waals surface area contributed by atoms with Crippen molar-refractivity contribution < 1.29 is 0 Å². The maximum Gasteiger partial charge on any atom is 0.134 e. The lowest BCUT2D eigenvalue weighted by Gasteiger charge is -2.31. The zero-order valence-corrected chi connectivity index (χ0v) is 15.4. The van der Waals surface area contributed by atoms with Crippen LogP contribution in [0.3, 0.4) is 0 Å². The highest BCUT2D eigenvalue weighted by Crippen LogP contribution is 2.61. The van der Waals surface area contributed by atoms with Crippen LogP contribution in [0.15, 0.2) is 9.26 Å². The fourth-order valence-electron chi connectivity index (χ4n) is 2.01. The first kappa shape index (κ1) is 19.3.